The molecule has 0 amide bonds. The van der Waals surface area contributed by atoms with Gasteiger partial charge in [-0.1, -0.05) is 0 Å². The maximum absolute atomic E-state index is 12.7. The zero-order chi connectivity index (χ0) is 14.2. The van der Waals surface area contributed by atoms with Crippen LogP contribution < -0.4 is 0 Å². The Morgan fingerprint density at radius 2 is 1.75 bits per heavy atom. The fraction of sp³-hybridized carbons (Fsp3) is 0.333. The molecule has 2 aromatic rings. The fourth-order valence-electron chi connectivity index (χ4n) is 2.51. The lowest BCUT2D eigenvalue weighted by Gasteiger charge is -2.15. The molecular formula is C15H13F3N2. The van der Waals surface area contributed by atoms with Gasteiger partial charge in [0.05, 0.1) is 0 Å². The number of alkyl halides is 3. The average molecular weight is 278 g/mol. The van der Waals surface area contributed by atoms with Crippen LogP contribution in [0.1, 0.15) is 29.8 Å². The Morgan fingerprint density at radius 3 is 2.55 bits per heavy atom. The molecule has 2 heterocycles. The van der Waals surface area contributed by atoms with Crippen LogP contribution in [-0.2, 0) is 19.0 Å². The molecule has 20 heavy (non-hydrogen) atoms. The van der Waals surface area contributed by atoms with Crippen LogP contribution >= 0.6 is 0 Å². The van der Waals surface area contributed by atoms with Gasteiger partial charge in [0, 0.05) is 23.7 Å². The predicted octanol–water partition coefficient (Wildman–Crippen LogP) is 4.04. The Morgan fingerprint density at radius 1 is 0.950 bits per heavy atom. The first-order chi connectivity index (χ1) is 9.54. The van der Waals surface area contributed by atoms with E-state index in [1.54, 1.807) is 12.3 Å². The Labute approximate surface area is 114 Å². The van der Waals surface area contributed by atoms with Crippen LogP contribution in [0.2, 0.25) is 0 Å². The first-order valence-electron chi connectivity index (χ1n) is 6.55. The second-order valence-electron chi connectivity index (χ2n) is 4.96. The van der Waals surface area contributed by atoms with Crippen LogP contribution in [0.15, 0.2) is 30.6 Å². The number of rotatable bonds is 1. The molecule has 0 aromatic carbocycles. The summed E-state index contributed by atoms with van der Waals surface area (Å²) < 4.78 is 38.0. The standard InChI is InChI=1S/C15H13F3N2/c16-15(17,18)14-8-10(5-6-19-14)12-7-11-3-1-2-4-13(11)20-9-12/h5-9H,1-4H2. The van der Waals surface area contributed by atoms with Crippen molar-refractivity contribution in [2.24, 2.45) is 0 Å². The molecule has 0 saturated heterocycles. The summed E-state index contributed by atoms with van der Waals surface area (Å²) in [6, 6.07) is 4.62. The first-order valence-corrected chi connectivity index (χ1v) is 6.55. The maximum Gasteiger partial charge on any atom is 0.433 e. The number of aromatic nitrogens is 2. The average Bonchev–Trinajstić information content (AvgIpc) is 2.46. The van der Waals surface area contributed by atoms with Gasteiger partial charge in [-0.05, 0) is 55.0 Å². The number of hydrogen-bond donors (Lipinski definition) is 0. The lowest BCUT2D eigenvalue weighted by Crippen LogP contribution is -2.08. The van der Waals surface area contributed by atoms with Gasteiger partial charge in [0.25, 0.3) is 0 Å². The molecule has 0 spiro atoms. The minimum absolute atomic E-state index is 0.508. The highest BCUT2D eigenvalue weighted by Crippen LogP contribution is 2.31. The molecule has 0 bridgehead atoms. The summed E-state index contributed by atoms with van der Waals surface area (Å²) >= 11 is 0. The molecule has 1 aliphatic rings. The highest BCUT2D eigenvalue weighted by atomic mass is 19.4. The minimum Gasteiger partial charge on any atom is -0.260 e. The minimum atomic E-state index is -4.42. The van der Waals surface area contributed by atoms with Crippen LogP contribution in [0.25, 0.3) is 11.1 Å². The number of pyridine rings is 2. The molecule has 0 saturated carbocycles. The van der Waals surface area contributed by atoms with Gasteiger partial charge in [-0.3, -0.25) is 9.97 Å². The van der Waals surface area contributed by atoms with Crippen molar-refractivity contribution in [1.82, 2.24) is 9.97 Å². The van der Waals surface area contributed by atoms with Gasteiger partial charge >= 0.3 is 6.18 Å². The summed E-state index contributed by atoms with van der Waals surface area (Å²) in [6.07, 6.45) is 2.58. The van der Waals surface area contributed by atoms with E-state index in [2.05, 4.69) is 9.97 Å². The van der Waals surface area contributed by atoms with Crippen molar-refractivity contribution in [1.29, 1.82) is 0 Å². The van der Waals surface area contributed by atoms with E-state index in [1.807, 2.05) is 6.07 Å². The van der Waals surface area contributed by atoms with E-state index >= 15 is 0 Å². The van der Waals surface area contributed by atoms with Crippen molar-refractivity contribution in [3.63, 3.8) is 0 Å². The van der Waals surface area contributed by atoms with Crippen molar-refractivity contribution >= 4 is 0 Å². The Hall–Kier alpha value is -1.91. The van der Waals surface area contributed by atoms with E-state index in [1.165, 1.54) is 6.20 Å². The molecule has 2 aromatic heterocycles. The largest absolute Gasteiger partial charge is 0.433 e. The van der Waals surface area contributed by atoms with Gasteiger partial charge in [0.2, 0.25) is 0 Å². The summed E-state index contributed by atoms with van der Waals surface area (Å²) in [6.45, 7) is 0. The summed E-state index contributed by atoms with van der Waals surface area (Å²) in [7, 11) is 0. The lowest BCUT2D eigenvalue weighted by atomic mass is 9.94. The van der Waals surface area contributed by atoms with E-state index in [0.717, 1.165) is 48.6 Å². The molecule has 0 radical (unpaired) electrons. The summed E-state index contributed by atoms with van der Waals surface area (Å²) in [5, 5.41) is 0. The second kappa shape index (κ2) is 4.89. The molecule has 104 valence electrons. The van der Waals surface area contributed by atoms with Gasteiger partial charge < -0.3 is 0 Å². The number of halogens is 3. The fourth-order valence-corrected chi connectivity index (χ4v) is 2.51. The van der Waals surface area contributed by atoms with Crippen molar-refractivity contribution in [2.75, 3.05) is 0 Å². The molecule has 3 rings (SSSR count). The van der Waals surface area contributed by atoms with Crippen molar-refractivity contribution in [3.8, 4) is 11.1 Å². The quantitative estimate of drug-likeness (QED) is 0.786. The van der Waals surface area contributed by atoms with E-state index in [4.69, 9.17) is 0 Å². The van der Waals surface area contributed by atoms with E-state index in [0.29, 0.717) is 5.56 Å². The number of hydrogen-bond acceptors (Lipinski definition) is 2. The Balaban J connectivity index is 2.01. The Bertz CT molecular complexity index is 635. The van der Waals surface area contributed by atoms with Crippen LogP contribution in [0, 0.1) is 0 Å². The van der Waals surface area contributed by atoms with Crippen LogP contribution in [0.3, 0.4) is 0 Å². The van der Waals surface area contributed by atoms with E-state index < -0.39 is 11.9 Å². The van der Waals surface area contributed by atoms with Crippen LogP contribution in [0.5, 0.6) is 0 Å². The van der Waals surface area contributed by atoms with Gasteiger partial charge in [0.15, 0.2) is 0 Å². The van der Waals surface area contributed by atoms with Crippen LogP contribution in [0.4, 0.5) is 13.2 Å². The number of nitrogens with zero attached hydrogens (tertiary/aromatic N) is 2. The predicted molar refractivity (Wildman–Crippen MR) is 69.1 cm³/mol. The smallest absolute Gasteiger partial charge is 0.260 e. The molecule has 0 unspecified atom stereocenters. The third-order valence-corrected chi connectivity index (χ3v) is 3.55. The van der Waals surface area contributed by atoms with Crippen molar-refractivity contribution < 1.29 is 13.2 Å². The SMILES string of the molecule is FC(F)(F)c1cc(-c2cnc3c(c2)CCCC3)ccn1. The van der Waals surface area contributed by atoms with Gasteiger partial charge in [-0.25, -0.2) is 0 Å². The highest BCUT2D eigenvalue weighted by molar-refractivity contribution is 5.63. The monoisotopic (exact) mass is 278 g/mol. The number of fused-ring (bicyclic) bond motifs is 1. The molecule has 0 atom stereocenters. The number of aryl methyl sites for hydroxylation is 2. The van der Waals surface area contributed by atoms with Crippen LogP contribution in [-0.4, -0.2) is 9.97 Å². The highest BCUT2D eigenvalue weighted by Gasteiger charge is 2.32. The van der Waals surface area contributed by atoms with Gasteiger partial charge in [-0.15, -0.1) is 0 Å². The normalized spacial score (nSPS) is 14.9. The van der Waals surface area contributed by atoms with Gasteiger partial charge in [0.1, 0.15) is 5.69 Å². The summed E-state index contributed by atoms with van der Waals surface area (Å²) in [5.74, 6) is 0. The van der Waals surface area contributed by atoms with E-state index in [-0.39, 0.29) is 0 Å². The first kappa shape index (κ1) is 13.1. The third kappa shape index (κ3) is 2.53. The Kier molecular flexibility index (Phi) is 3.20. The summed E-state index contributed by atoms with van der Waals surface area (Å²) in [5.41, 5.74) is 2.59. The molecule has 0 aliphatic heterocycles. The lowest BCUT2D eigenvalue weighted by molar-refractivity contribution is -0.141. The van der Waals surface area contributed by atoms with Crippen molar-refractivity contribution in [3.05, 3.63) is 47.5 Å². The maximum atomic E-state index is 12.7. The molecule has 2 nitrogen and oxygen atoms in total. The zero-order valence-corrected chi connectivity index (χ0v) is 10.7. The van der Waals surface area contributed by atoms with E-state index in [9.17, 15) is 13.2 Å². The second-order valence-corrected chi connectivity index (χ2v) is 4.96. The third-order valence-electron chi connectivity index (χ3n) is 3.55. The molecule has 0 fully saturated rings. The topological polar surface area (TPSA) is 25.8 Å². The molecule has 0 N–H and O–H groups in total. The van der Waals surface area contributed by atoms with Crippen molar-refractivity contribution in [2.45, 2.75) is 31.9 Å². The zero-order valence-electron chi connectivity index (χ0n) is 10.7. The molecular weight excluding hydrogens is 265 g/mol. The van der Waals surface area contributed by atoms with Gasteiger partial charge in [-0.2, -0.15) is 13.2 Å². The summed E-state index contributed by atoms with van der Waals surface area (Å²) in [4.78, 5) is 7.76. The molecule has 1 aliphatic carbocycles. The molecule has 5 heteroatoms.